The van der Waals surface area contributed by atoms with Gasteiger partial charge < -0.3 is 5.32 Å². The van der Waals surface area contributed by atoms with E-state index in [0.29, 0.717) is 18.5 Å². The molecule has 2 aliphatic rings. The van der Waals surface area contributed by atoms with Crippen LogP contribution in [0.25, 0.3) is 0 Å². The number of hydrogen-bond donors (Lipinski definition) is 1. The molecule has 3 atom stereocenters. The SMILES string of the molecule is CCCN(C(CC)CC#N)C1CC2CCC(C1)N2. The number of nitrogens with one attached hydrogen (secondary N) is 1. The number of nitriles is 1. The molecule has 0 radical (unpaired) electrons. The lowest BCUT2D eigenvalue weighted by Crippen LogP contribution is -2.51. The number of hydrogen-bond acceptors (Lipinski definition) is 3. The second-order valence-electron chi connectivity index (χ2n) is 5.93. The molecule has 2 saturated heterocycles. The van der Waals surface area contributed by atoms with Gasteiger partial charge in [-0.2, -0.15) is 5.26 Å². The maximum Gasteiger partial charge on any atom is 0.0638 e. The van der Waals surface area contributed by atoms with Crippen LogP contribution in [0.1, 0.15) is 58.8 Å². The maximum atomic E-state index is 9.01. The van der Waals surface area contributed by atoms with Crippen LogP contribution < -0.4 is 5.32 Å². The molecule has 0 aromatic rings. The molecule has 3 nitrogen and oxygen atoms in total. The second kappa shape index (κ2) is 6.54. The standard InChI is InChI=1S/C15H27N3/c1-3-9-18(14(4-2)7-8-16)15-10-12-5-6-13(11-15)17-12/h12-15,17H,3-7,9-11H2,1-2H3. The molecule has 3 heteroatoms. The van der Waals surface area contributed by atoms with E-state index in [0.717, 1.165) is 25.0 Å². The van der Waals surface area contributed by atoms with Gasteiger partial charge in [-0.25, -0.2) is 0 Å². The highest BCUT2D eigenvalue weighted by Crippen LogP contribution is 2.31. The van der Waals surface area contributed by atoms with Crippen molar-refractivity contribution in [1.29, 1.82) is 5.26 Å². The first-order valence-corrected chi connectivity index (χ1v) is 7.67. The summed E-state index contributed by atoms with van der Waals surface area (Å²) in [4.78, 5) is 2.65. The van der Waals surface area contributed by atoms with Crippen LogP contribution in [-0.2, 0) is 0 Å². The highest BCUT2D eigenvalue weighted by atomic mass is 15.2. The third-order valence-electron chi connectivity index (χ3n) is 4.67. The van der Waals surface area contributed by atoms with Crippen LogP contribution in [0, 0.1) is 11.3 Å². The average molecular weight is 249 g/mol. The summed E-state index contributed by atoms with van der Waals surface area (Å²) in [7, 11) is 0. The van der Waals surface area contributed by atoms with Crippen molar-refractivity contribution in [2.24, 2.45) is 0 Å². The first kappa shape index (κ1) is 13.8. The molecule has 0 amide bonds. The monoisotopic (exact) mass is 249 g/mol. The minimum Gasteiger partial charge on any atom is -0.311 e. The molecule has 102 valence electrons. The normalized spacial score (nSPS) is 32.4. The Morgan fingerprint density at radius 2 is 1.94 bits per heavy atom. The van der Waals surface area contributed by atoms with E-state index in [1.54, 1.807) is 0 Å². The lowest BCUT2D eigenvalue weighted by Gasteiger charge is -2.41. The van der Waals surface area contributed by atoms with Crippen molar-refractivity contribution in [2.75, 3.05) is 6.54 Å². The fourth-order valence-corrected chi connectivity index (χ4v) is 3.82. The van der Waals surface area contributed by atoms with Gasteiger partial charge in [0.15, 0.2) is 0 Å². The Morgan fingerprint density at radius 1 is 1.28 bits per heavy atom. The summed E-state index contributed by atoms with van der Waals surface area (Å²) in [6.07, 6.45) is 8.28. The predicted molar refractivity (Wildman–Crippen MR) is 74.3 cm³/mol. The van der Waals surface area contributed by atoms with E-state index in [1.807, 2.05) is 0 Å². The van der Waals surface area contributed by atoms with Gasteiger partial charge in [-0.05, 0) is 45.1 Å². The zero-order valence-corrected chi connectivity index (χ0v) is 11.9. The zero-order valence-electron chi connectivity index (χ0n) is 11.9. The summed E-state index contributed by atoms with van der Waals surface area (Å²) in [6.45, 7) is 5.63. The average Bonchev–Trinajstić information content (AvgIpc) is 2.72. The molecular weight excluding hydrogens is 222 g/mol. The molecule has 2 fully saturated rings. The molecule has 0 aromatic heterocycles. The van der Waals surface area contributed by atoms with Gasteiger partial charge in [-0.15, -0.1) is 0 Å². The minimum atomic E-state index is 0.470. The molecule has 0 spiro atoms. The molecule has 2 aliphatic heterocycles. The molecule has 0 saturated carbocycles. The molecule has 0 aromatic carbocycles. The second-order valence-corrected chi connectivity index (χ2v) is 5.93. The van der Waals surface area contributed by atoms with Gasteiger partial charge in [-0.3, -0.25) is 4.90 Å². The zero-order chi connectivity index (χ0) is 13.0. The van der Waals surface area contributed by atoms with E-state index in [2.05, 4.69) is 30.1 Å². The van der Waals surface area contributed by atoms with Crippen LogP contribution in [0.5, 0.6) is 0 Å². The molecule has 18 heavy (non-hydrogen) atoms. The Hall–Kier alpha value is -0.590. The van der Waals surface area contributed by atoms with Gasteiger partial charge in [0, 0.05) is 24.2 Å². The number of fused-ring (bicyclic) bond motifs is 2. The van der Waals surface area contributed by atoms with Gasteiger partial charge >= 0.3 is 0 Å². The van der Waals surface area contributed by atoms with Crippen molar-refractivity contribution >= 4 is 0 Å². The Bertz CT molecular complexity index is 285. The predicted octanol–water partition coefficient (Wildman–Crippen LogP) is 2.67. The summed E-state index contributed by atoms with van der Waals surface area (Å²) in [5.41, 5.74) is 0. The van der Waals surface area contributed by atoms with E-state index in [-0.39, 0.29) is 0 Å². The number of nitrogens with zero attached hydrogens (tertiary/aromatic N) is 2. The van der Waals surface area contributed by atoms with E-state index in [1.165, 1.54) is 32.1 Å². The van der Waals surface area contributed by atoms with Gasteiger partial charge in [0.1, 0.15) is 0 Å². The topological polar surface area (TPSA) is 39.1 Å². The molecule has 2 bridgehead atoms. The van der Waals surface area contributed by atoms with Crippen molar-refractivity contribution in [3.8, 4) is 6.07 Å². The van der Waals surface area contributed by atoms with Crippen LogP contribution in [0.3, 0.4) is 0 Å². The fourth-order valence-electron chi connectivity index (χ4n) is 3.82. The largest absolute Gasteiger partial charge is 0.311 e. The highest BCUT2D eigenvalue weighted by molar-refractivity contribution is 4.97. The number of piperidine rings is 1. The lowest BCUT2D eigenvalue weighted by molar-refractivity contribution is 0.0925. The van der Waals surface area contributed by atoms with Gasteiger partial charge in [0.05, 0.1) is 12.5 Å². The van der Waals surface area contributed by atoms with Crippen LogP contribution in [0.4, 0.5) is 0 Å². The van der Waals surface area contributed by atoms with E-state index in [4.69, 9.17) is 5.26 Å². The summed E-state index contributed by atoms with van der Waals surface area (Å²) in [6, 6.07) is 5.04. The van der Waals surface area contributed by atoms with E-state index in [9.17, 15) is 0 Å². The summed E-state index contributed by atoms with van der Waals surface area (Å²) >= 11 is 0. The first-order valence-electron chi connectivity index (χ1n) is 7.67. The van der Waals surface area contributed by atoms with Crippen molar-refractivity contribution in [3.05, 3.63) is 0 Å². The fraction of sp³-hybridized carbons (Fsp3) is 0.933. The Balaban J connectivity index is 2.02. The van der Waals surface area contributed by atoms with Crippen LogP contribution >= 0.6 is 0 Å². The van der Waals surface area contributed by atoms with Crippen molar-refractivity contribution in [1.82, 2.24) is 10.2 Å². The summed E-state index contributed by atoms with van der Waals surface area (Å²) in [5.74, 6) is 0. The van der Waals surface area contributed by atoms with Crippen LogP contribution in [0.2, 0.25) is 0 Å². The third-order valence-corrected chi connectivity index (χ3v) is 4.67. The van der Waals surface area contributed by atoms with Crippen molar-refractivity contribution in [3.63, 3.8) is 0 Å². The quantitative estimate of drug-likeness (QED) is 0.786. The lowest BCUT2D eigenvalue weighted by atomic mass is 9.95. The highest BCUT2D eigenvalue weighted by Gasteiger charge is 2.37. The number of rotatable bonds is 6. The summed E-state index contributed by atoms with van der Waals surface area (Å²) < 4.78 is 0. The Morgan fingerprint density at radius 3 is 2.44 bits per heavy atom. The first-order chi connectivity index (χ1) is 8.78. The maximum absolute atomic E-state index is 9.01. The van der Waals surface area contributed by atoms with Gasteiger partial charge in [0.25, 0.3) is 0 Å². The van der Waals surface area contributed by atoms with E-state index >= 15 is 0 Å². The molecular formula is C15H27N3. The Kier molecular flexibility index (Phi) is 5.03. The van der Waals surface area contributed by atoms with Crippen LogP contribution in [0.15, 0.2) is 0 Å². The van der Waals surface area contributed by atoms with Crippen molar-refractivity contribution < 1.29 is 0 Å². The Labute approximate surface area is 112 Å². The van der Waals surface area contributed by atoms with Gasteiger partial charge in [-0.1, -0.05) is 13.8 Å². The molecule has 2 heterocycles. The molecule has 1 N–H and O–H groups in total. The van der Waals surface area contributed by atoms with Crippen LogP contribution in [-0.4, -0.2) is 35.6 Å². The molecule has 0 aliphatic carbocycles. The smallest absolute Gasteiger partial charge is 0.0638 e. The molecule has 3 unspecified atom stereocenters. The van der Waals surface area contributed by atoms with Crippen molar-refractivity contribution in [2.45, 2.75) is 83.0 Å². The van der Waals surface area contributed by atoms with Gasteiger partial charge in [0.2, 0.25) is 0 Å². The minimum absolute atomic E-state index is 0.470. The van der Waals surface area contributed by atoms with E-state index < -0.39 is 0 Å². The molecule has 2 rings (SSSR count). The summed E-state index contributed by atoms with van der Waals surface area (Å²) in [5, 5.41) is 12.7. The third kappa shape index (κ3) is 3.05.